The summed E-state index contributed by atoms with van der Waals surface area (Å²) in [6, 6.07) is 11.2. The lowest BCUT2D eigenvalue weighted by Crippen LogP contribution is -2.50. The van der Waals surface area contributed by atoms with Crippen LogP contribution >= 0.6 is 0 Å². The van der Waals surface area contributed by atoms with Gasteiger partial charge >= 0.3 is 0 Å². The van der Waals surface area contributed by atoms with Gasteiger partial charge in [0, 0.05) is 45.4 Å². The molecule has 0 saturated carbocycles. The number of nitrogens with zero attached hydrogens (tertiary/aromatic N) is 2. The summed E-state index contributed by atoms with van der Waals surface area (Å²) in [5.41, 5.74) is 7.21. The zero-order valence-electron chi connectivity index (χ0n) is 12.7. The summed E-state index contributed by atoms with van der Waals surface area (Å²) in [6.07, 6.45) is 0.134. The Morgan fingerprint density at radius 3 is 2.70 bits per heavy atom. The summed E-state index contributed by atoms with van der Waals surface area (Å²) >= 11 is 0. The van der Waals surface area contributed by atoms with Gasteiger partial charge in [0.15, 0.2) is 0 Å². The van der Waals surface area contributed by atoms with Crippen molar-refractivity contribution < 1.29 is 4.74 Å². The Hall–Kier alpha value is -0.940. The van der Waals surface area contributed by atoms with Gasteiger partial charge in [0.2, 0.25) is 0 Å². The topological polar surface area (TPSA) is 41.7 Å². The summed E-state index contributed by atoms with van der Waals surface area (Å²) in [7, 11) is 2.19. The minimum absolute atomic E-state index is 0.134. The first-order chi connectivity index (χ1) is 9.74. The van der Waals surface area contributed by atoms with E-state index in [1.54, 1.807) is 0 Å². The third-order valence-corrected chi connectivity index (χ3v) is 3.98. The van der Waals surface area contributed by atoms with Crippen LogP contribution < -0.4 is 5.73 Å². The van der Waals surface area contributed by atoms with E-state index < -0.39 is 0 Å². The van der Waals surface area contributed by atoms with E-state index in [0.29, 0.717) is 12.6 Å². The minimum atomic E-state index is 0.134. The largest absolute Gasteiger partial charge is 0.376 e. The fourth-order valence-corrected chi connectivity index (χ4v) is 2.86. The minimum Gasteiger partial charge on any atom is -0.376 e. The SMILES string of the molecule is CCOC(CN)CN1CCN(C)CC1c1ccccc1. The second kappa shape index (κ2) is 7.74. The number of nitrogens with two attached hydrogens (primary N) is 1. The molecule has 1 saturated heterocycles. The van der Waals surface area contributed by atoms with Crippen molar-refractivity contribution in [3.8, 4) is 0 Å². The average molecular weight is 277 g/mol. The van der Waals surface area contributed by atoms with Crippen molar-refractivity contribution in [2.45, 2.75) is 19.1 Å². The normalized spacial score (nSPS) is 22.9. The highest BCUT2D eigenvalue weighted by atomic mass is 16.5. The molecule has 2 unspecified atom stereocenters. The average Bonchev–Trinajstić information content (AvgIpc) is 2.49. The molecule has 2 rings (SSSR count). The zero-order chi connectivity index (χ0) is 14.4. The van der Waals surface area contributed by atoms with Gasteiger partial charge in [-0.05, 0) is 19.5 Å². The van der Waals surface area contributed by atoms with Crippen LogP contribution in [0.4, 0.5) is 0 Å². The van der Waals surface area contributed by atoms with E-state index in [0.717, 1.165) is 32.8 Å². The van der Waals surface area contributed by atoms with Gasteiger partial charge in [0.05, 0.1) is 6.10 Å². The zero-order valence-corrected chi connectivity index (χ0v) is 12.7. The van der Waals surface area contributed by atoms with Gasteiger partial charge in [0.1, 0.15) is 0 Å². The molecule has 1 aromatic carbocycles. The molecule has 0 spiro atoms. The van der Waals surface area contributed by atoms with E-state index in [2.05, 4.69) is 47.2 Å². The number of ether oxygens (including phenoxy) is 1. The summed E-state index contributed by atoms with van der Waals surface area (Å²) in [4.78, 5) is 4.91. The molecular weight excluding hydrogens is 250 g/mol. The van der Waals surface area contributed by atoms with Crippen LogP contribution in [0.2, 0.25) is 0 Å². The van der Waals surface area contributed by atoms with Gasteiger partial charge in [0.25, 0.3) is 0 Å². The molecule has 0 radical (unpaired) electrons. The lowest BCUT2D eigenvalue weighted by molar-refractivity contribution is 0.00543. The number of hydrogen-bond acceptors (Lipinski definition) is 4. The van der Waals surface area contributed by atoms with Gasteiger partial charge in [-0.25, -0.2) is 0 Å². The molecule has 1 fully saturated rings. The predicted molar refractivity (Wildman–Crippen MR) is 82.7 cm³/mol. The number of rotatable bonds is 6. The number of benzene rings is 1. The lowest BCUT2D eigenvalue weighted by Gasteiger charge is -2.41. The predicted octanol–water partition coefficient (Wildman–Crippen LogP) is 1.34. The van der Waals surface area contributed by atoms with Crippen LogP contribution in [-0.4, -0.2) is 62.3 Å². The van der Waals surface area contributed by atoms with Gasteiger partial charge in [-0.15, -0.1) is 0 Å². The molecular formula is C16H27N3O. The van der Waals surface area contributed by atoms with Gasteiger partial charge in [-0.3, -0.25) is 4.90 Å². The van der Waals surface area contributed by atoms with E-state index >= 15 is 0 Å². The van der Waals surface area contributed by atoms with E-state index in [1.807, 2.05) is 6.92 Å². The Morgan fingerprint density at radius 2 is 2.05 bits per heavy atom. The maximum Gasteiger partial charge on any atom is 0.0823 e. The molecule has 1 aliphatic heterocycles. The van der Waals surface area contributed by atoms with Gasteiger partial charge in [-0.1, -0.05) is 30.3 Å². The van der Waals surface area contributed by atoms with Crippen molar-refractivity contribution >= 4 is 0 Å². The Kier molecular flexibility index (Phi) is 5.98. The molecule has 0 aromatic heterocycles. The molecule has 0 aliphatic carbocycles. The maximum atomic E-state index is 5.83. The van der Waals surface area contributed by atoms with Crippen molar-refractivity contribution in [1.82, 2.24) is 9.80 Å². The molecule has 20 heavy (non-hydrogen) atoms. The molecule has 1 heterocycles. The smallest absolute Gasteiger partial charge is 0.0823 e. The van der Waals surface area contributed by atoms with E-state index in [1.165, 1.54) is 5.56 Å². The van der Waals surface area contributed by atoms with Crippen LogP contribution in [-0.2, 0) is 4.74 Å². The second-order valence-corrected chi connectivity index (χ2v) is 5.50. The fraction of sp³-hybridized carbons (Fsp3) is 0.625. The molecule has 4 heteroatoms. The molecule has 4 nitrogen and oxygen atoms in total. The highest BCUT2D eigenvalue weighted by Crippen LogP contribution is 2.25. The summed E-state index contributed by atoms with van der Waals surface area (Å²) in [5, 5.41) is 0. The molecule has 0 amide bonds. The van der Waals surface area contributed by atoms with Crippen molar-refractivity contribution in [2.75, 3.05) is 46.4 Å². The Morgan fingerprint density at radius 1 is 1.30 bits per heavy atom. The van der Waals surface area contributed by atoms with Crippen LogP contribution in [0.3, 0.4) is 0 Å². The Labute approximate surface area is 122 Å². The Bertz CT molecular complexity index is 385. The molecule has 2 N–H and O–H groups in total. The van der Waals surface area contributed by atoms with Crippen molar-refractivity contribution in [1.29, 1.82) is 0 Å². The highest BCUT2D eigenvalue weighted by molar-refractivity contribution is 5.20. The third-order valence-electron chi connectivity index (χ3n) is 3.98. The monoisotopic (exact) mass is 277 g/mol. The van der Waals surface area contributed by atoms with Gasteiger partial charge < -0.3 is 15.4 Å². The highest BCUT2D eigenvalue weighted by Gasteiger charge is 2.28. The first-order valence-corrected chi connectivity index (χ1v) is 7.53. The van der Waals surface area contributed by atoms with Crippen LogP contribution in [0.25, 0.3) is 0 Å². The quantitative estimate of drug-likeness (QED) is 0.852. The second-order valence-electron chi connectivity index (χ2n) is 5.50. The molecule has 1 aromatic rings. The van der Waals surface area contributed by atoms with Crippen molar-refractivity contribution in [3.63, 3.8) is 0 Å². The van der Waals surface area contributed by atoms with Crippen LogP contribution in [0, 0.1) is 0 Å². The van der Waals surface area contributed by atoms with E-state index in [-0.39, 0.29) is 6.10 Å². The molecule has 2 atom stereocenters. The number of hydrogen-bond donors (Lipinski definition) is 1. The van der Waals surface area contributed by atoms with Crippen molar-refractivity contribution in [2.24, 2.45) is 5.73 Å². The number of likely N-dealkylation sites (N-methyl/N-ethyl adjacent to an activating group) is 1. The number of piperazine rings is 1. The van der Waals surface area contributed by atoms with Crippen LogP contribution in [0.1, 0.15) is 18.5 Å². The first-order valence-electron chi connectivity index (χ1n) is 7.53. The molecule has 112 valence electrons. The summed E-state index contributed by atoms with van der Waals surface area (Å²) in [6.45, 7) is 7.49. The standard InChI is InChI=1S/C16H27N3O/c1-3-20-15(11-17)12-19-10-9-18(2)13-16(19)14-7-5-4-6-8-14/h4-8,15-16H,3,9-13,17H2,1-2H3. The van der Waals surface area contributed by atoms with Crippen LogP contribution in [0.15, 0.2) is 30.3 Å². The molecule has 0 bridgehead atoms. The van der Waals surface area contributed by atoms with Crippen LogP contribution in [0.5, 0.6) is 0 Å². The van der Waals surface area contributed by atoms with Gasteiger partial charge in [-0.2, -0.15) is 0 Å². The summed E-state index contributed by atoms with van der Waals surface area (Å²) in [5.74, 6) is 0. The third kappa shape index (κ3) is 4.03. The van der Waals surface area contributed by atoms with E-state index in [9.17, 15) is 0 Å². The maximum absolute atomic E-state index is 5.83. The Balaban J connectivity index is 2.08. The lowest BCUT2D eigenvalue weighted by atomic mass is 10.0. The van der Waals surface area contributed by atoms with E-state index in [4.69, 9.17) is 10.5 Å². The molecule has 1 aliphatic rings. The fourth-order valence-electron chi connectivity index (χ4n) is 2.86. The first kappa shape index (κ1) is 15.4. The van der Waals surface area contributed by atoms with Crippen molar-refractivity contribution in [3.05, 3.63) is 35.9 Å². The summed E-state index contributed by atoms with van der Waals surface area (Å²) < 4.78 is 5.72.